The molecule has 0 spiro atoms. The molecule has 4 nitrogen and oxygen atoms in total. The maximum Gasteiger partial charge on any atom is 0.230 e. The molecule has 1 unspecified atom stereocenters. The van der Waals surface area contributed by atoms with Crippen LogP contribution in [0.3, 0.4) is 0 Å². The van der Waals surface area contributed by atoms with E-state index in [0.717, 1.165) is 10.8 Å². The van der Waals surface area contributed by atoms with Gasteiger partial charge in [-0.15, -0.1) is 18.3 Å². The van der Waals surface area contributed by atoms with Gasteiger partial charge in [-0.3, -0.25) is 4.79 Å². The lowest BCUT2D eigenvalue weighted by molar-refractivity contribution is -0.124. The number of carbonyl (C=O) groups is 1. The fourth-order valence-corrected chi connectivity index (χ4v) is 3.48. The Labute approximate surface area is 118 Å². The Morgan fingerprint density at radius 3 is 2.56 bits per heavy atom. The molecule has 0 aromatic heterocycles. The van der Waals surface area contributed by atoms with Crippen LogP contribution in [0.5, 0.6) is 0 Å². The Kier molecular flexibility index (Phi) is 8.18. The van der Waals surface area contributed by atoms with Crippen LogP contribution >= 0.6 is 23.5 Å². The van der Waals surface area contributed by atoms with Gasteiger partial charge in [0.2, 0.25) is 5.91 Å². The van der Waals surface area contributed by atoms with E-state index in [4.69, 9.17) is 5.21 Å². The van der Waals surface area contributed by atoms with Gasteiger partial charge in [-0.2, -0.15) is 0 Å². The molecule has 6 heteroatoms. The third-order valence-corrected chi connectivity index (χ3v) is 4.47. The van der Waals surface area contributed by atoms with Gasteiger partial charge in [-0.1, -0.05) is 43.8 Å². The molecule has 0 aliphatic heterocycles. The molecule has 2 N–H and O–H groups in total. The lowest BCUT2D eigenvalue weighted by Crippen LogP contribution is -2.40. The zero-order chi connectivity index (χ0) is 14.2. The minimum Gasteiger partial charge on any atom is -0.410 e. The van der Waals surface area contributed by atoms with Gasteiger partial charge in [0.15, 0.2) is 0 Å². The van der Waals surface area contributed by atoms with Crippen molar-refractivity contribution in [3.8, 4) is 0 Å². The minimum atomic E-state index is -0.443. The minimum absolute atomic E-state index is 0.128. The Balaban J connectivity index is 4.74. The van der Waals surface area contributed by atoms with Crippen LogP contribution < -0.4 is 5.32 Å². The van der Waals surface area contributed by atoms with E-state index >= 15 is 0 Å². The fraction of sp³-hybridized carbons (Fsp3) is 0.667. The predicted octanol–water partition coefficient (Wildman–Crippen LogP) is 2.79. The largest absolute Gasteiger partial charge is 0.410 e. The number of nitrogens with zero attached hydrogens (tertiary/aromatic N) is 1. The molecule has 0 bridgehead atoms. The Hall–Kier alpha value is -0.620. The summed E-state index contributed by atoms with van der Waals surface area (Å²) < 4.78 is 0. The number of nitrogens with one attached hydrogen (secondary N) is 1. The molecular weight excluding hydrogens is 268 g/mol. The number of hydrogen-bond donors (Lipinski definition) is 2. The van der Waals surface area contributed by atoms with Crippen LogP contribution in [0.1, 0.15) is 20.8 Å². The highest BCUT2D eigenvalue weighted by Gasteiger charge is 2.35. The van der Waals surface area contributed by atoms with Gasteiger partial charge < -0.3 is 10.5 Å². The van der Waals surface area contributed by atoms with Gasteiger partial charge in [0.25, 0.3) is 0 Å². The molecular formula is C12H22N2O2S2. The summed E-state index contributed by atoms with van der Waals surface area (Å²) in [6.07, 6.45) is 1.82. The van der Waals surface area contributed by atoms with Crippen molar-refractivity contribution in [1.29, 1.82) is 0 Å². The van der Waals surface area contributed by atoms with E-state index < -0.39 is 5.92 Å². The molecule has 0 saturated carbocycles. The molecule has 1 atom stereocenters. The number of carbonyl (C=O) groups excluding carboxylic acids is 1. The van der Waals surface area contributed by atoms with Crippen LogP contribution in [0.25, 0.3) is 0 Å². The van der Waals surface area contributed by atoms with Gasteiger partial charge in [-0.05, 0) is 5.41 Å². The van der Waals surface area contributed by atoms with Crippen LogP contribution in [0, 0.1) is 11.3 Å². The summed E-state index contributed by atoms with van der Waals surface area (Å²) in [6, 6.07) is 0. The van der Waals surface area contributed by atoms with Crippen molar-refractivity contribution in [2.45, 2.75) is 20.8 Å². The number of amides is 1. The van der Waals surface area contributed by atoms with Crippen LogP contribution in [0.4, 0.5) is 0 Å². The molecule has 0 aliphatic rings. The molecule has 18 heavy (non-hydrogen) atoms. The van der Waals surface area contributed by atoms with Gasteiger partial charge >= 0.3 is 0 Å². The van der Waals surface area contributed by atoms with E-state index in [0.29, 0.717) is 5.04 Å². The monoisotopic (exact) mass is 290 g/mol. The topological polar surface area (TPSA) is 61.7 Å². The fourth-order valence-electron chi connectivity index (χ4n) is 1.42. The number of rotatable bonds is 6. The molecule has 1 amide bonds. The summed E-state index contributed by atoms with van der Waals surface area (Å²) >= 11 is 3.06. The third kappa shape index (κ3) is 5.82. The highest BCUT2D eigenvalue weighted by atomic mass is 32.2. The van der Waals surface area contributed by atoms with Gasteiger partial charge in [-0.25, -0.2) is 0 Å². The Morgan fingerprint density at radius 2 is 2.17 bits per heavy atom. The molecule has 0 fully saturated rings. The summed E-state index contributed by atoms with van der Waals surface area (Å²) in [6.45, 7) is 9.50. The molecule has 0 heterocycles. The Bertz CT molecular complexity index is 312. The summed E-state index contributed by atoms with van der Waals surface area (Å²) in [5.74, 6) is 0.268. The summed E-state index contributed by atoms with van der Waals surface area (Å²) in [7, 11) is 1.59. The highest BCUT2D eigenvalue weighted by molar-refractivity contribution is 8.24. The quantitative estimate of drug-likeness (QED) is 0.150. The first-order valence-electron chi connectivity index (χ1n) is 5.63. The molecule has 104 valence electrons. The zero-order valence-electron chi connectivity index (χ0n) is 11.4. The van der Waals surface area contributed by atoms with Crippen LogP contribution in [-0.2, 0) is 4.79 Å². The second kappa shape index (κ2) is 8.48. The maximum absolute atomic E-state index is 11.9. The lowest BCUT2D eigenvalue weighted by atomic mass is 9.81. The van der Waals surface area contributed by atoms with E-state index in [1.165, 1.54) is 11.8 Å². The normalized spacial score (nSPS) is 14.1. The number of oxime groups is 1. The second-order valence-electron chi connectivity index (χ2n) is 4.77. The summed E-state index contributed by atoms with van der Waals surface area (Å²) in [5, 5.41) is 16.2. The van der Waals surface area contributed by atoms with E-state index in [1.54, 1.807) is 18.8 Å². The molecule has 0 aromatic rings. The van der Waals surface area contributed by atoms with E-state index in [-0.39, 0.29) is 11.3 Å². The smallest absolute Gasteiger partial charge is 0.230 e. The van der Waals surface area contributed by atoms with Crippen molar-refractivity contribution in [3.05, 3.63) is 12.7 Å². The van der Waals surface area contributed by atoms with Crippen molar-refractivity contribution >= 4 is 34.5 Å². The first kappa shape index (κ1) is 17.4. The van der Waals surface area contributed by atoms with E-state index in [9.17, 15) is 4.79 Å². The molecule has 0 radical (unpaired) electrons. The Morgan fingerprint density at radius 1 is 1.56 bits per heavy atom. The molecule has 0 rings (SSSR count). The van der Waals surface area contributed by atoms with Gasteiger partial charge in [0.1, 0.15) is 5.04 Å². The average molecular weight is 290 g/mol. The van der Waals surface area contributed by atoms with Gasteiger partial charge in [0, 0.05) is 17.9 Å². The number of hydrogen-bond acceptors (Lipinski definition) is 5. The summed E-state index contributed by atoms with van der Waals surface area (Å²) in [5.41, 5.74) is -0.294. The maximum atomic E-state index is 11.9. The SMILES string of the molecule is C=CCSCS/C(=N\O)C(C(=O)NC)C(C)(C)C. The standard InChI is InChI=1S/C12H22N2O2S2/c1-6-7-17-8-18-11(14-16)9(10(15)13-5)12(2,3)4/h6,9,16H,1,7-8H2,2-5H3,(H,13,15)/b14-11-. The van der Waals surface area contributed by atoms with Crippen LogP contribution in [0.15, 0.2) is 17.8 Å². The predicted molar refractivity (Wildman–Crippen MR) is 81.3 cm³/mol. The molecule has 0 saturated heterocycles. The van der Waals surface area contributed by atoms with Crippen molar-refractivity contribution in [3.63, 3.8) is 0 Å². The van der Waals surface area contributed by atoms with Crippen molar-refractivity contribution in [2.24, 2.45) is 16.5 Å². The molecule has 0 aromatic carbocycles. The van der Waals surface area contributed by atoms with E-state index in [2.05, 4.69) is 17.1 Å². The number of thioether (sulfide) groups is 2. The second-order valence-corrected chi connectivity index (χ2v) is 7.16. The zero-order valence-corrected chi connectivity index (χ0v) is 13.0. The highest BCUT2D eigenvalue weighted by Crippen LogP contribution is 2.32. The molecule has 0 aliphatic carbocycles. The van der Waals surface area contributed by atoms with E-state index in [1.807, 2.05) is 26.8 Å². The van der Waals surface area contributed by atoms with Crippen molar-refractivity contribution < 1.29 is 10.0 Å². The first-order valence-corrected chi connectivity index (χ1v) is 7.77. The van der Waals surface area contributed by atoms with Crippen molar-refractivity contribution in [2.75, 3.05) is 17.9 Å². The van der Waals surface area contributed by atoms with Crippen LogP contribution in [0.2, 0.25) is 0 Å². The van der Waals surface area contributed by atoms with Crippen molar-refractivity contribution in [1.82, 2.24) is 5.32 Å². The average Bonchev–Trinajstić information content (AvgIpc) is 2.30. The van der Waals surface area contributed by atoms with Crippen LogP contribution in [-0.4, -0.2) is 34.0 Å². The first-order chi connectivity index (χ1) is 8.38. The van der Waals surface area contributed by atoms with Gasteiger partial charge in [0.05, 0.1) is 5.92 Å². The third-order valence-electron chi connectivity index (χ3n) is 2.25. The summed E-state index contributed by atoms with van der Waals surface area (Å²) in [4.78, 5) is 11.9. The lowest BCUT2D eigenvalue weighted by Gasteiger charge is -2.29.